The molecule has 0 radical (unpaired) electrons. The monoisotopic (exact) mass is 291 g/mol. The fraction of sp³-hybridized carbons (Fsp3) is 0.143. The first kappa shape index (κ1) is 14.6. The number of aromatic nitrogens is 1. The summed E-state index contributed by atoms with van der Waals surface area (Å²) < 4.78 is 19.3. The number of rotatable bonds is 4. The highest BCUT2D eigenvalue weighted by Gasteiger charge is 2.14. The van der Waals surface area contributed by atoms with Crippen LogP contribution >= 0.6 is 0 Å². The minimum atomic E-state index is -0.663. The van der Waals surface area contributed by atoms with E-state index in [4.69, 9.17) is 10.5 Å². The lowest BCUT2D eigenvalue weighted by Crippen LogP contribution is -2.21. The van der Waals surface area contributed by atoms with Crippen molar-refractivity contribution in [3.63, 3.8) is 0 Å². The van der Waals surface area contributed by atoms with Gasteiger partial charge in [-0.25, -0.2) is 9.18 Å². The van der Waals surface area contributed by atoms with Gasteiger partial charge in [-0.15, -0.1) is 0 Å². The van der Waals surface area contributed by atoms with Crippen molar-refractivity contribution in [1.29, 1.82) is 0 Å². The van der Waals surface area contributed by atoms with E-state index in [0.29, 0.717) is 11.4 Å². The Morgan fingerprint density at radius 3 is 2.76 bits per heavy atom. The molecular formula is C14H14FN3O3. The van der Waals surface area contributed by atoms with Gasteiger partial charge in [0.25, 0.3) is 5.91 Å². The summed E-state index contributed by atoms with van der Waals surface area (Å²) in [6, 6.07) is 6.87. The topological polar surface area (TPSA) is 86.3 Å². The number of hydrogen-bond acceptors (Lipinski definition) is 4. The molecule has 7 heteroatoms. The van der Waals surface area contributed by atoms with E-state index in [2.05, 4.69) is 5.32 Å². The molecular weight excluding hydrogens is 277 g/mol. The van der Waals surface area contributed by atoms with Gasteiger partial charge < -0.3 is 20.4 Å². The molecule has 110 valence electrons. The van der Waals surface area contributed by atoms with Crippen LogP contribution in [0.25, 0.3) is 0 Å². The van der Waals surface area contributed by atoms with Gasteiger partial charge in [0.2, 0.25) is 0 Å². The van der Waals surface area contributed by atoms with E-state index in [-0.39, 0.29) is 5.69 Å². The molecule has 1 aromatic heterocycles. The van der Waals surface area contributed by atoms with Crippen LogP contribution in [0.5, 0.6) is 0 Å². The predicted molar refractivity (Wildman–Crippen MR) is 75.1 cm³/mol. The van der Waals surface area contributed by atoms with E-state index < -0.39 is 24.3 Å². The molecule has 0 fully saturated rings. The molecule has 1 heterocycles. The molecule has 0 aliphatic rings. The Morgan fingerprint density at radius 2 is 2.14 bits per heavy atom. The summed E-state index contributed by atoms with van der Waals surface area (Å²) >= 11 is 0. The van der Waals surface area contributed by atoms with Crippen LogP contribution in [0.3, 0.4) is 0 Å². The Labute approximate surface area is 120 Å². The van der Waals surface area contributed by atoms with Crippen LogP contribution in [0.1, 0.15) is 10.5 Å². The van der Waals surface area contributed by atoms with E-state index in [1.54, 1.807) is 13.2 Å². The quantitative estimate of drug-likeness (QED) is 0.837. The van der Waals surface area contributed by atoms with Crippen molar-refractivity contribution in [2.45, 2.75) is 0 Å². The predicted octanol–water partition coefficient (Wildman–Crippen LogP) is 1.54. The third-order valence-corrected chi connectivity index (χ3v) is 2.68. The van der Waals surface area contributed by atoms with E-state index in [9.17, 15) is 14.0 Å². The third kappa shape index (κ3) is 3.82. The summed E-state index contributed by atoms with van der Waals surface area (Å²) in [5.74, 6) is -1.69. The van der Waals surface area contributed by atoms with Crippen LogP contribution in [0.15, 0.2) is 36.5 Å². The highest BCUT2D eigenvalue weighted by atomic mass is 19.1. The number of nitrogens with one attached hydrogen (secondary N) is 1. The van der Waals surface area contributed by atoms with Crippen LogP contribution < -0.4 is 11.1 Å². The minimum absolute atomic E-state index is 0.242. The molecule has 0 unspecified atom stereocenters. The Morgan fingerprint density at radius 1 is 1.38 bits per heavy atom. The average molecular weight is 291 g/mol. The summed E-state index contributed by atoms with van der Waals surface area (Å²) in [5, 5.41) is 2.42. The SMILES string of the molecule is Cn1cc(N)cc1C(=O)OCC(=O)Nc1cccc(F)c1. The Bertz CT molecular complexity index is 682. The van der Waals surface area contributed by atoms with Crippen LogP contribution in [0.4, 0.5) is 15.8 Å². The molecule has 21 heavy (non-hydrogen) atoms. The fourth-order valence-electron chi connectivity index (χ4n) is 1.76. The van der Waals surface area contributed by atoms with Crippen LogP contribution in [-0.4, -0.2) is 23.1 Å². The number of benzene rings is 1. The molecule has 1 aromatic carbocycles. The van der Waals surface area contributed by atoms with Gasteiger partial charge in [0.05, 0.1) is 5.69 Å². The van der Waals surface area contributed by atoms with E-state index in [1.807, 2.05) is 0 Å². The number of aryl methyl sites for hydroxylation is 1. The summed E-state index contributed by atoms with van der Waals surface area (Å²) in [4.78, 5) is 23.4. The maximum absolute atomic E-state index is 12.9. The fourth-order valence-corrected chi connectivity index (χ4v) is 1.76. The van der Waals surface area contributed by atoms with Gasteiger partial charge in [-0.2, -0.15) is 0 Å². The Kier molecular flexibility index (Phi) is 4.22. The maximum atomic E-state index is 12.9. The van der Waals surface area contributed by atoms with E-state index in [1.165, 1.54) is 28.8 Å². The molecule has 2 rings (SSSR count). The van der Waals surface area contributed by atoms with Crippen molar-refractivity contribution >= 4 is 23.3 Å². The normalized spacial score (nSPS) is 10.2. The Hall–Kier alpha value is -2.83. The third-order valence-electron chi connectivity index (χ3n) is 2.68. The first-order valence-electron chi connectivity index (χ1n) is 6.10. The van der Waals surface area contributed by atoms with Crippen LogP contribution in [0.2, 0.25) is 0 Å². The highest BCUT2D eigenvalue weighted by Crippen LogP contribution is 2.11. The van der Waals surface area contributed by atoms with Crippen molar-refractivity contribution in [3.05, 3.63) is 48.0 Å². The summed E-state index contributed by atoms with van der Waals surface area (Å²) in [5.41, 5.74) is 6.50. The van der Waals surface area contributed by atoms with Crippen LogP contribution in [-0.2, 0) is 16.6 Å². The molecule has 2 aromatic rings. The standard InChI is InChI=1S/C14H14FN3O3/c1-18-7-10(16)6-12(18)14(20)21-8-13(19)17-11-4-2-3-9(15)5-11/h2-7H,8,16H2,1H3,(H,17,19). The van der Waals surface area contributed by atoms with Crippen LogP contribution in [0, 0.1) is 5.82 Å². The molecule has 0 bridgehead atoms. The van der Waals surface area contributed by atoms with Crippen molar-refractivity contribution in [3.8, 4) is 0 Å². The summed E-state index contributed by atoms with van der Waals surface area (Å²) in [7, 11) is 1.64. The zero-order valence-electron chi connectivity index (χ0n) is 11.3. The largest absolute Gasteiger partial charge is 0.451 e. The molecule has 0 saturated heterocycles. The zero-order valence-corrected chi connectivity index (χ0v) is 11.3. The molecule has 0 aliphatic heterocycles. The van der Waals surface area contributed by atoms with Crippen molar-refractivity contribution < 1.29 is 18.7 Å². The minimum Gasteiger partial charge on any atom is -0.451 e. The van der Waals surface area contributed by atoms with E-state index >= 15 is 0 Å². The smallest absolute Gasteiger partial charge is 0.355 e. The molecule has 0 atom stereocenters. The van der Waals surface area contributed by atoms with Gasteiger partial charge in [0, 0.05) is 18.9 Å². The van der Waals surface area contributed by atoms with Gasteiger partial charge in [-0.05, 0) is 24.3 Å². The molecule has 3 N–H and O–H groups in total. The van der Waals surface area contributed by atoms with E-state index in [0.717, 1.165) is 6.07 Å². The van der Waals surface area contributed by atoms with Crippen molar-refractivity contribution in [2.75, 3.05) is 17.7 Å². The summed E-state index contributed by atoms with van der Waals surface area (Å²) in [6.45, 7) is -0.472. The number of carbonyl (C=O) groups excluding carboxylic acids is 2. The molecule has 0 spiro atoms. The number of halogens is 1. The van der Waals surface area contributed by atoms with Gasteiger partial charge in [0.15, 0.2) is 6.61 Å². The van der Waals surface area contributed by atoms with Gasteiger partial charge in [-0.3, -0.25) is 4.79 Å². The number of hydrogen-bond donors (Lipinski definition) is 2. The molecule has 0 saturated carbocycles. The molecule has 1 amide bonds. The van der Waals surface area contributed by atoms with Gasteiger partial charge in [-0.1, -0.05) is 6.07 Å². The lowest BCUT2D eigenvalue weighted by atomic mass is 10.3. The van der Waals surface area contributed by atoms with Crippen molar-refractivity contribution in [2.24, 2.45) is 7.05 Å². The number of nitrogens with two attached hydrogens (primary N) is 1. The number of carbonyl (C=O) groups is 2. The number of ether oxygens (including phenoxy) is 1. The average Bonchev–Trinajstić information content (AvgIpc) is 2.75. The molecule has 6 nitrogen and oxygen atoms in total. The number of amides is 1. The lowest BCUT2D eigenvalue weighted by Gasteiger charge is -2.07. The number of nitrogen functional groups attached to an aromatic ring is 1. The second-order valence-electron chi connectivity index (χ2n) is 4.40. The zero-order chi connectivity index (χ0) is 15.4. The second kappa shape index (κ2) is 6.08. The van der Waals surface area contributed by atoms with Gasteiger partial charge >= 0.3 is 5.97 Å². The summed E-state index contributed by atoms with van der Waals surface area (Å²) in [6.07, 6.45) is 1.56. The first-order chi connectivity index (χ1) is 9.95. The highest BCUT2D eigenvalue weighted by molar-refractivity contribution is 5.95. The number of nitrogens with zero attached hydrogens (tertiary/aromatic N) is 1. The van der Waals surface area contributed by atoms with Crippen molar-refractivity contribution in [1.82, 2.24) is 4.57 Å². The number of esters is 1. The molecule has 0 aliphatic carbocycles. The number of anilines is 2. The van der Waals surface area contributed by atoms with Gasteiger partial charge in [0.1, 0.15) is 11.5 Å². The maximum Gasteiger partial charge on any atom is 0.355 e. The first-order valence-corrected chi connectivity index (χ1v) is 6.10. The Balaban J connectivity index is 1.89. The second-order valence-corrected chi connectivity index (χ2v) is 4.40. The lowest BCUT2D eigenvalue weighted by molar-refractivity contribution is -0.119.